The molecule has 0 radical (unpaired) electrons. The molecule has 0 unspecified atom stereocenters. The molecule has 1 aromatic heterocycles. The number of ether oxygens (including phenoxy) is 2. The second-order valence-electron chi connectivity index (χ2n) is 6.98. The van der Waals surface area contributed by atoms with Crippen molar-refractivity contribution in [3.63, 3.8) is 0 Å². The Balaban J connectivity index is 1.38. The van der Waals surface area contributed by atoms with Crippen molar-refractivity contribution in [1.82, 2.24) is 15.1 Å². The van der Waals surface area contributed by atoms with Gasteiger partial charge in [0.1, 0.15) is 0 Å². The van der Waals surface area contributed by atoms with Gasteiger partial charge in [0.2, 0.25) is 0 Å². The molecule has 2 N–H and O–H groups in total. The van der Waals surface area contributed by atoms with Crippen LogP contribution in [-0.2, 0) is 6.42 Å². The molecule has 30 heavy (non-hydrogen) atoms. The van der Waals surface area contributed by atoms with Crippen molar-refractivity contribution in [2.75, 3.05) is 31.6 Å². The van der Waals surface area contributed by atoms with Gasteiger partial charge in [-0.1, -0.05) is 18.2 Å². The summed E-state index contributed by atoms with van der Waals surface area (Å²) in [7, 11) is 0. The third-order valence-electron chi connectivity index (χ3n) is 4.68. The zero-order valence-corrected chi connectivity index (χ0v) is 17.2. The molecule has 2 heterocycles. The van der Waals surface area contributed by atoms with Gasteiger partial charge in [-0.25, -0.2) is 4.68 Å². The Morgan fingerprint density at radius 2 is 1.93 bits per heavy atom. The maximum Gasteiger partial charge on any atom is 0.195 e. The fraction of sp³-hybridized carbons (Fsp3) is 0.304. The Hall–Kier alpha value is -3.48. The highest BCUT2D eigenvalue weighted by Gasteiger charge is 2.11. The minimum absolute atomic E-state index is 0.653. The number of anilines is 1. The summed E-state index contributed by atoms with van der Waals surface area (Å²) in [6.45, 7) is 4.84. The monoisotopic (exact) mass is 405 g/mol. The third kappa shape index (κ3) is 5.11. The molecule has 0 aliphatic carbocycles. The maximum atomic E-state index is 5.77. The highest BCUT2D eigenvalue weighted by atomic mass is 16.5. The first-order valence-corrected chi connectivity index (χ1v) is 10.4. The summed E-state index contributed by atoms with van der Waals surface area (Å²) in [6.07, 6.45) is 5.65. The fourth-order valence-corrected chi connectivity index (χ4v) is 3.19. The Morgan fingerprint density at radius 3 is 2.77 bits per heavy atom. The summed E-state index contributed by atoms with van der Waals surface area (Å²) in [5.74, 6) is 2.29. The molecular weight excluding hydrogens is 378 g/mol. The Labute approximate surface area is 176 Å². The molecule has 0 fully saturated rings. The van der Waals surface area contributed by atoms with Crippen LogP contribution in [0.5, 0.6) is 11.5 Å². The van der Waals surface area contributed by atoms with Gasteiger partial charge >= 0.3 is 0 Å². The lowest BCUT2D eigenvalue weighted by Crippen LogP contribution is -2.30. The van der Waals surface area contributed by atoms with E-state index in [9.17, 15) is 0 Å². The number of benzene rings is 2. The summed E-state index contributed by atoms with van der Waals surface area (Å²) in [5, 5.41) is 11.1. The molecule has 4 rings (SSSR count). The van der Waals surface area contributed by atoms with E-state index in [1.165, 1.54) is 0 Å². The number of aromatic nitrogens is 2. The number of para-hydroxylation sites is 1. The van der Waals surface area contributed by atoms with Crippen LogP contribution in [-0.4, -0.2) is 42.0 Å². The fourth-order valence-electron chi connectivity index (χ4n) is 3.19. The van der Waals surface area contributed by atoms with Gasteiger partial charge in [-0.05, 0) is 43.2 Å². The first-order chi connectivity index (χ1) is 14.8. The average molecular weight is 406 g/mol. The Kier molecular flexibility index (Phi) is 6.49. The van der Waals surface area contributed by atoms with E-state index in [0.29, 0.717) is 19.8 Å². The second kappa shape index (κ2) is 9.82. The zero-order valence-electron chi connectivity index (χ0n) is 17.2. The van der Waals surface area contributed by atoms with Gasteiger partial charge in [0, 0.05) is 37.5 Å². The highest BCUT2D eigenvalue weighted by molar-refractivity contribution is 5.93. The molecule has 3 aromatic rings. The topological polar surface area (TPSA) is 72.7 Å². The van der Waals surface area contributed by atoms with Crippen LogP contribution in [0.1, 0.15) is 18.9 Å². The summed E-state index contributed by atoms with van der Waals surface area (Å²) >= 11 is 0. The van der Waals surface area contributed by atoms with E-state index in [4.69, 9.17) is 14.5 Å². The second-order valence-corrected chi connectivity index (χ2v) is 6.98. The maximum absolute atomic E-state index is 5.77. The quantitative estimate of drug-likeness (QED) is 0.484. The number of hydrogen-bond donors (Lipinski definition) is 2. The number of guanidine groups is 1. The minimum atomic E-state index is 0.653. The lowest BCUT2D eigenvalue weighted by Gasteiger charge is -2.13. The van der Waals surface area contributed by atoms with Gasteiger partial charge in [0.05, 0.1) is 25.1 Å². The molecule has 1 aliphatic heterocycles. The number of rotatable bonds is 6. The van der Waals surface area contributed by atoms with E-state index in [0.717, 1.165) is 53.8 Å². The summed E-state index contributed by atoms with van der Waals surface area (Å²) in [6, 6.07) is 16.0. The SMILES string of the molecule is CCNC(=NCCc1cnn(-c2ccccc2)c1)Nc1ccc2c(c1)OCCCO2. The molecule has 0 atom stereocenters. The summed E-state index contributed by atoms with van der Waals surface area (Å²) in [4.78, 5) is 4.70. The van der Waals surface area contributed by atoms with Crippen LogP contribution in [0, 0.1) is 0 Å². The first kappa shape index (κ1) is 19.8. The predicted octanol–water partition coefficient (Wildman–Crippen LogP) is 3.65. The van der Waals surface area contributed by atoms with Crippen LogP contribution >= 0.6 is 0 Å². The molecule has 0 saturated carbocycles. The number of fused-ring (bicyclic) bond motifs is 1. The average Bonchev–Trinajstić information content (AvgIpc) is 3.12. The molecule has 7 nitrogen and oxygen atoms in total. The van der Waals surface area contributed by atoms with Gasteiger partial charge in [-0.3, -0.25) is 4.99 Å². The third-order valence-corrected chi connectivity index (χ3v) is 4.68. The van der Waals surface area contributed by atoms with Gasteiger partial charge < -0.3 is 20.1 Å². The molecule has 1 aliphatic rings. The van der Waals surface area contributed by atoms with Gasteiger partial charge in [0.15, 0.2) is 17.5 Å². The molecule has 7 heteroatoms. The Bertz CT molecular complexity index is 984. The van der Waals surface area contributed by atoms with E-state index in [-0.39, 0.29) is 0 Å². The van der Waals surface area contributed by atoms with E-state index >= 15 is 0 Å². The first-order valence-electron chi connectivity index (χ1n) is 10.4. The lowest BCUT2D eigenvalue weighted by molar-refractivity contribution is 0.297. The number of nitrogens with one attached hydrogen (secondary N) is 2. The van der Waals surface area contributed by atoms with Crippen LogP contribution in [0.25, 0.3) is 5.69 Å². The van der Waals surface area contributed by atoms with Gasteiger partial charge in [-0.15, -0.1) is 0 Å². The summed E-state index contributed by atoms with van der Waals surface area (Å²) in [5.41, 5.74) is 3.11. The molecule has 0 bridgehead atoms. The van der Waals surface area contributed by atoms with Gasteiger partial charge in [0.25, 0.3) is 0 Å². The molecule has 2 aromatic carbocycles. The number of hydrogen-bond acceptors (Lipinski definition) is 4. The number of aliphatic imine (C=N–C) groups is 1. The molecule has 156 valence electrons. The van der Waals surface area contributed by atoms with Gasteiger partial charge in [-0.2, -0.15) is 5.10 Å². The summed E-state index contributed by atoms with van der Waals surface area (Å²) < 4.78 is 13.4. The predicted molar refractivity (Wildman–Crippen MR) is 119 cm³/mol. The standard InChI is InChI=1S/C23H27N5O2/c1-2-24-23(27-19-9-10-21-22(15-19)30-14-6-13-29-21)25-12-11-18-16-26-28(17-18)20-7-4-3-5-8-20/h3-5,7-10,15-17H,2,6,11-14H2,1H3,(H2,24,25,27). The minimum Gasteiger partial charge on any atom is -0.490 e. The molecule has 0 spiro atoms. The van der Waals surface area contributed by atoms with Crippen molar-refractivity contribution in [1.29, 1.82) is 0 Å². The zero-order chi connectivity index (χ0) is 20.6. The normalized spacial score (nSPS) is 13.6. The largest absolute Gasteiger partial charge is 0.490 e. The Morgan fingerprint density at radius 1 is 1.10 bits per heavy atom. The van der Waals surface area contributed by atoms with E-state index in [1.807, 2.05) is 59.4 Å². The number of nitrogens with zero attached hydrogens (tertiary/aromatic N) is 3. The van der Waals surface area contributed by atoms with Crippen LogP contribution in [0.3, 0.4) is 0 Å². The van der Waals surface area contributed by atoms with Crippen LogP contribution in [0.4, 0.5) is 5.69 Å². The van der Waals surface area contributed by atoms with Crippen molar-refractivity contribution in [2.45, 2.75) is 19.8 Å². The van der Waals surface area contributed by atoms with Crippen molar-refractivity contribution in [2.24, 2.45) is 4.99 Å². The highest BCUT2D eigenvalue weighted by Crippen LogP contribution is 2.32. The van der Waals surface area contributed by atoms with Crippen molar-refractivity contribution in [3.05, 3.63) is 66.5 Å². The lowest BCUT2D eigenvalue weighted by atomic mass is 10.2. The van der Waals surface area contributed by atoms with E-state index in [2.05, 4.69) is 28.9 Å². The van der Waals surface area contributed by atoms with E-state index in [1.54, 1.807) is 0 Å². The van der Waals surface area contributed by atoms with E-state index < -0.39 is 0 Å². The smallest absolute Gasteiger partial charge is 0.195 e. The molecular formula is C23H27N5O2. The van der Waals surface area contributed by atoms with Crippen LogP contribution in [0.2, 0.25) is 0 Å². The van der Waals surface area contributed by atoms with Crippen molar-refractivity contribution >= 4 is 11.6 Å². The van der Waals surface area contributed by atoms with Crippen LogP contribution in [0.15, 0.2) is 65.9 Å². The van der Waals surface area contributed by atoms with Crippen molar-refractivity contribution in [3.8, 4) is 17.2 Å². The van der Waals surface area contributed by atoms with Crippen LogP contribution < -0.4 is 20.1 Å². The molecule has 0 amide bonds. The molecule has 0 saturated heterocycles. The van der Waals surface area contributed by atoms with Crippen molar-refractivity contribution < 1.29 is 9.47 Å².